The van der Waals surface area contributed by atoms with Gasteiger partial charge in [-0.1, -0.05) is 0 Å². The van der Waals surface area contributed by atoms with Crippen molar-refractivity contribution in [2.45, 2.75) is 38.8 Å². The van der Waals surface area contributed by atoms with Crippen LogP contribution >= 0.6 is 0 Å². The third-order valence-electron chi connectivity index (χ3n) is 3.79. The summed E-state index contributed by atoms with van der Waals surface area (Å²) in [6, 6.07) is 0. The number of nitrogens with zero attached hydrogens (tertiary/aromatic N) is 4. The number of nitrogens with one attached hydrogen (secondary N) is 1. The van der Waals surface area contributed by atoms with Gasteiger partial charge in [0.1, 0.15) is 0 Å². The Hall–Kier alpha value is -1.62. The lowest BCUT2D eigenvalue weighted by Gasteiger charge is -2.23. The smallest absolute Gasteiger partial charge is 0.0948 e. The predicted octanol–water partition coefficient (Wildman–Crippen LogP) is 1.56. The lowest BCUT2D eigenvalue weighted by Crippen LogP contribution is -2.29. The molecule has 0 bridgehead atoms. The van der Waals surface area contributed by atoms with E-state index in [4.69, 9.17) is 0 Å². The molecule has 0 amide bonds. The quantitative estimate of drug-likeness (QED) is 0.906. The molecule has 0 saturated carbocycles. The van der Waals surface area contributed by atoms with E-state index < -0.39 is 0 Å². The van der Waals surface area contributed by atoms with E-state index in [9.17, 15) is 0 Å². The normalized spacial score (nSPS) is 19.7. The number of aryl methyl sites for hydroxylation is 3. The average Bonchev–Trinajstić information content (AvgIpc) is 3.06. The van der Waals surface area contributed by atoms with Crippen molar-refractivity contribution < 1.29 is 0 Å². The van der Waals surface area contributed by atoms with Crippen LogP contribution in [-0.2, 0) is 13.1 Å². The van der Waals surface area contributed by atoms with E-state index in [1.165, 1.54) is 24.1 Å². The SMILES string of the molecule is Cc1cnn(CCn2cncc2C2CCCNC2)c1. The highest BCUT2D eigenvalue weighted by molar-refractivity contribution is 5.08. The number of aromatic nitrogens is 4. The van der Waals surface area contributed by atoms with Gasteiger partial charge < -0.3 is 9.88 Å². The maximum atomic E-state index is 4.33. The Bertz CT molecular complexity index is 521. The molecule has 102 valence electrons. The summed E-state index contributed by atoms with van der Waals surface area (Å²) in [5.74, 6) is 0.607. The number of imidazole rings is 1. The van der Waals surface area contributed by atoms with Gasteiger partial charge in [-0.15, -0.1) is 0 Å². The van der Waals surface area contributed by atoms with Crippen LogP contribution in [0.1, 0.15) is 30.0 Å². The molecule has 19 heavy (non-hydrogen) atoms. The molecule has 0 spiro atoms. The summed E-state index contributed by atoms with van der Waals surface area (Å²) in [7, 11) is 0. The van der Waals surface area contributed by atoms with Crippen molar-refractivity contribution in [3.63, 3.8) is 0 Å². The first-order chi connectivity index (χ1) is 9.33. The molecule has 1 aliphatic heterocycles. The second-order valence-corrected chi connectivity index (χ2v) is 5.34. The van der Waals surface area contributed by atoms with Gasteiger partial charge in [-0.25, -0.2) is 4.98 Å². The molecule has 1 unspecified atom stereocenters. The largest absolute Gasteiger partial charge is 0.332 e. The molecule has 2 aromatic heterocycles. The Kier molecular flexibility index (Phi) is 3.64. The molecule has 0 aromatic carbocycles. The van der Waals surface area contributed by atoms with Crippen LogP contribution in [0.15, 0.2) is 24.9 Å². The summed E-state index contributed by atoms with van der Waals surface area (Å²) in [5, 5.41) is 7.80. The van der Waals surface area contributed by atoms with E-state index in [0.29, 0.717) is 5.92 Å². The average molecular weight is 259 g/mol. The highest BCUT2D eigenvalue weighted by atomic mass is 15.3. The van der Waals surface area contributed by atoms with Crippen LogP contribution in [0.5, 0.6) is 0 Å². The molecule has 3 rings (SSSR count). The van der Waals surface area contributed by atoms with Crippen molar-refractivity contribution in [3.8, 4) is 0 Å². The van der Waals surface area contributed by atoms with Crippen molar-refractivity contribution in [1.82, 2.24) is 24.6 Å². The summed E-state index contributed by atoms with van der Waals surface area (Å²) < 4.78 is 4.27. The molecule has 1 fully saturated rings. The standard InChI is InChI=1S/C14H21N5/c1-12-7-17-19(10-12)6-5-18-11-16-9-14(18)13-3-2-4-15-8-13/h7,9-11,13,15H,2-6,8H2,1H3. The van der Waals surface area contributed by atoms with Crippen molar-refractivity contribution >= 4 is 0 Å². The predicted molar refractivity (Wildman–Crippen MR) is 74.0 cm³/mol. The van der Waals surface area contributed by atoms with Crippen LogP contribution in [0, 0.1) is 6.92 Å². The van der Waals surface area contributed by atoms with Gasteiger partial charge >= 0.3 is 0 Å². The monoisotopic (exact) mass is 259 g/mol. The zero-order valence-electron chi connectivity index (χ0n) is 11.4. The van der Waals surface area contributed by atoms with Gasteiger partial charge in [-0.05, 0) is 31.9 Å². The van der Waals surface area contributed by atoms with E-state index >= 15 is 0 Å². The summed E-state index contributed by atoms with van der Waals surface area (Å²) in [6.07, 6.45) is 10.5. The van der Waals surface area contributed by atoms with Gasteiger partial charge in [0, 0.05) is 37.1 Å². The van der Waals surface area contributed by atoms with E-state index in [0.717, 1.165) is 26.2 Å². The molecule has 5 heteroatoms. The minimum absolute atomic E-state index is 0.607. The number of piperidine rings is 1. The summed E-state index contributed by atoms with van der Waals surface area (Å²) in [4.78, 5) is 4.32. The third kappa shape index (κ3) is 2.87. The number of hydrogen-bond donors (Lipinski definition) is 1. The Morgan fingerprint density at radius 3 is 3.05 bits per heavy atom. The Morgan fingerprint density at radius 1 is 1.37 bits per heavy atom. The van der Waals surface area contributed by atoms with Crippen molar-refractivity contribution in [1.29, 1.82) is 0 Å². The minimum atomic E-state index is 0.607. The van der Waals surface area contributed by atoms with Gasteiger partial charge in [0.2, 0.25) is 0 Å². The fourth-order valence-electron chi connectivity index (χ4n) is 2.76. The molecule has 2 aromatic rings. The minimum Gasteiger partial charge on any atom is -0.332 e. The first-order valence-electron chi connectivity index (χ1n) is 7.03. The summed E-state index contributed by atoms with van der Waals surface area (Å²) in [6.45, 7) is 6.13. The summed E-state index contributed by atoms with van der Waals surface area (Å²) >= 11 is 0. The molecular formula is C14H21N5. The fourth-order valence-corrected chi connectivity index (χ4v) is 2.76. The Morgan fingerprint density at radius 2 is 2.32 bits per heavy atom. The number of hydrogen-bond acceptors (Lipinski definition) is 3. The van der Waals surface area contributed by atoms with Crippen LogP contribution in [0.25, 0.3) is 0 Å². The van der Waals surface area contributed by atoms with Crippen molar-refractivity contribution in [3.05, 3.63) is 36.2 Å². The molecule has 1 saturated heterocycles. The molecule has 0 radical (unpaired) electrons. The Balaban J connectivity index is 1.66. The van der Waals surface area contributed by atoms with Crippen LogP contribution in [0.4, 0.5) is 0 Å². The van der Waals surface area contributed by atoms with Crippen molar-refractivity contribution in [2.24, 2.45) is 0 Å². The lowest BCUT2D eigenvalue weighted by atomic mass is 9.96. The molecule has 1 aliphatic rings. The molecule has 5 nitrogen and oxygen atoms in total. The van der Waals surface area contributed by atoms with Gasteiger partial charge in [-0.3, -0.25) is 4.68 Å². The van der Waals surface area contributed by atoms with E-state index in [1.54, 1.807) is 0 Å². The summed E-state index contributed by atoms with van der Waals surface area (Å²) in [5.41, 5.74) is 2.57. The zero-order chi connectivity index (χ0) is 13.1. The van der Waals surface area contributed by atoms with Gasteiger partial charge in [0.25, 0.3) is 0 Å². The van der Waals surface area contributed by atoms with Gasteiger partial charge in [0.05, 0.1) is 19.1 Å². The van der Waals surface area contributed by atoms with Crippen LogP contribution in [-0.4, -0.2) is 32.4 Å². The molecule has 1 N–H and O–H groups in total. The molecule has 3 heterocycles. The maximum Gasteiger partial charge on any atom is 0.0948 e. The number of rotatable bonds is 4. The molecular weight excluding hydrogens is 238 g/mol. The van der Waals surface area contributed by atoms with Crippen LogP contribution < -0.4 is 5.32 Å². The van der Waals surface area contributed by atoms with Gasteiger partial charge in [0.15, 0.2) is 0 Å². The molecule has 0 aliphatic carbocycles. The van der Waals surface area contributed by atoms with E-state index in [2.05, 4.69) is 33.1 Å². The van der Waals surface area contributed by atoms with Crippen LogP contribution in [0.2, 0.25) is 0 Å². The first-order valence-corrected chi connectivity index (χ1v) is 7.03. The highest BCUT2D eigenvalue weighted by Gasteiger charge is 2.18. The topological polar surface area (TPSA) is 47.7 Å². The van der Waals surface area contributed by atoms with Crippen LogP contribution in [0.3, 0.4) is 0 Å². The van der Waals surface area contributed by atoms with Crippen molar-refractivity contribution in [2.75, 3.05) is 13.1 Å². The second kappa shape index (κ2) is 5.57. The van der Waals surface area contributed by atoms with Gasteiger partial charge in [-0.2, -0.15) is 5.10 Å². The highest BCUT2D eigenvalue weighted by Crippen LogP contribution is 2.22. The Labute approximate surface area is 113 Å². The molecule has 1 atom stereocenters. The fraction of sp³-hybridized carbons (Fsp3) is 0.571. The zero-order valence-corrected chi connectivity index (χ0v) is 11.4. The third-order valence-corrected chi connectivity index (χ3v) is 3.79. The van der Waals surface area contributed by atoms with E-state index in [1.807, 2.05) is 23.4 Å². The second-order valence-electron chi connectivity index (χ2n) is 5.34. The first kappa shape index (κ1) is 12.4. The lowest BCUT2D eigenvalue weighted by molar-refractivity contribution is 0.431. The maximum absolute atomic E-state index is 4.33. The van der Waals surface area contributed by atoms with E-state index in [-0.39, 0.29) is 0 Å².